The Hall–Kier alpha value is -2.83. The summed E-state index contributed by atoms with van der Waals surface area (Å²) in [6.45, 7) is 2.57. The number of ether oxygens (including phenoxy) is 1. The Balaban J connectivity index is 2.31. The number of nitrogens with one attached hydrogen (secondary N) is 2. The molecule has 0 saturated heterocycles. The van der Waals surface area contributed by atoms with Crippen molar-refractivity contribution in [3.63, 3.8) is 0 Å². The molecular weight excluding hydrogens is 288 g/mol. The van der Waals surface area contributed by atoms with Crippen LogP contribution in [0.15, 0.2) is 24.4 Å². The van der Waals surface area contributed by atoms with Crippen LogP contribution in [0.5, 0.6) is 5.75 Å². The van der Waals surface area contributed by atoms with E-state index in [2.05, 4.69) is 10.3 Å². The maximum atomic E-state index is 11.2. The van der Waals surface area contributed by atoms with E-state index in [1.165, 1.54) is 13.8 Å². The lowest BCUT2D eigenvalue weighted by Crippen LogP contribution is -2.41. The van der Waals surface area contributed by atoms with Crippen molar-refractivity contribution in [2.24, 2.45) is 0 Å². The number of carbonyl (C=O) groups is 3. The molecule has 1 unspecified atom stereocenters. The normalized spacial score (nSPS) is 11.9. The molecule has 7 nitrogen and oxygen atoms in total. The molecule has 0 fully saturated rings. The van der Waals surface area contributed by atoms with Crippen molar-refractivity contribution >= 4 is 28.7 Å². The number of hydrogen-bond acceptors (Lipinski definition) is 4. The molecule has 0 aliphatic carbocycles. The lowest BCUT2D eigenvalue weighted by atomic mass is 10.0. The number of H-pyrrole nitrogens is 1. The molecule has 1 heterocycles. The van der Waals surface area contributed by atoms with Gasteiger partial charge in [0, 0.05) is 37.4 Å². The molecule has 22 heavy (non-hydrogen) atoms. The molecule has 1 atom stereocenters. The van der Waals surface area contributed by atoms with Crippen LogP contribution in [-0.4, -0.2) is 34.0 Å². The van der Waals surface area contributed by atoms with Gasteiger partial charge in [-0.25, -0.2) is 4.79 Å². The monoisotopic (exact) mass is 304 g/mol. The fourth-order valence-electron chi connectivity index (χ4n) is 2.22. The summed E-state index contributed by atoms with van der Waals surface area (Å²) in [5.74, 6) is -1.57. The molecule has 0 aliphatic heterocycles. The molecule has 1 aromatic carbocycles. The highest BCUT2D eigenvalue weighted by Crippen LogP contribution is 2.25. The highest BCUT2D eigenvalue weighted by atomic mass is 16.5. The molecule has 7 heteroatoms. The van der Waals surface area contributed by atoms with Crippen LogP contribution in [-0.2, 0) is 20.8 Å². The van der Waals surface area contributed by atoms with E-state index in [0.717, 1.165) is 10.9 Å². The molecule has 1 amide bonds. The van der Waals surface area contributed by atoms with Crippen LogP contribution < -0.4 is 10.1 Å². The summed E-state index contributed by atoms with van der Waals surface area (Å²) < 4.78 is 5.02. The molecule has 0 spiro atoms. The van der Waals surface area contributed by atoms with Crippen LogP contribution in [0.1, 0.15) is 19.4 Å². The molecule has 0 bridgehead atoms. The lowest BCUT2D eigenvalue weighted by molar-refractivity contribution is -0.141. The van der Waals surface area contributed by atoms with Gasteiger partial charge in [-0.15, -0.1) is 0 Å². The number of carboxylic acids is 1. The quantitative estimate of drug-likeness (QED) is 0.568. The third-order valence-corrected chi connectivity index (χ3v) is 3.10. The van der Waals surface area contributed by atoms with Gasteiger partial charge in [0.15, 0.2) is 0 Å². The van der Waals surface area contributed by atoms with E-state index < -0.39 is 23.9 Å². The molecule has 116 valence electrons. The van der Waals surface area contributed by atoms with E-state index >= 15 is 0 Å². The predicted molar refractivity (Wildman–Crippen MR) is 78.6 cm³/mol. The van der Waals surface area contributed by atoms with Gasteiger partial charge < -0.3 is 20.1 Å². The van der Waals surface area contributed by atoms with Gasteiger partial charge in [-0.3, -0.25) is 9.59 Å². The molecule has 2 aromatic rings. The minimum atomic E-state index is -1.11. The SMILES string of the molecule is CC(=O)NC(Cc1c[nH]c2ccc(OC(C)=O)cc12)C(=O)O. The standard InChI is InChI=1S/C15H16N2O5/c1-8(18)17-14(15(20)21)5-10-7-16-13-4-3-11(6-12(10)13)22-9(2)19/h3-4,6-7,14,16H,5H2,1-2H3,(H,17,18)(H,20,21). The molecular formula is C15H16N2O5. The summed E-state index contributed by atoms with van der Waals surface area (Å²) in [5.41, 5.74) is 1.50. The number of benzene rings is 1. The summed E-state index contributed by atoms with van der Waals surface area (Å²) >= 11 is 0. The van der Waals surface area contributed by atoms with Crippen molar-refractivity contribution in [3.05, 3.63) is 30.0 Å². The summed E-state index contributed by atoms with van der Waals surface area (Å²) in [7, 11) is 0. The fourth-order valence-corrected chi connectivity index (χ4v) is 2.22. The Labute approximate surface area is 126 Å². The zero-order chi connectivity index (χ0) is 16.3. The first-order chi connectivity index (χ1) is 10.4. The molecule has 3 N–H and O–H groups in total. The van der Waals surface area contributed by atoms with Crippen LogP contribution in [0.4, 0.5) is 0 Å². The molecule has 0 radical (unpaired) electrons. The topological polar surface area (TPSA) is 108 Å². The Morgan fingerprint density at radius 2 is 2.05 bits per heavy atom. The van der Waals surface area contributed by atoms with Gasteiger partial charge in [0.05, 0.1) is 0 Å². The number of aromatic amines is 1. The summed E-state index contributed by atoms with van der Waals surface area (Å²) in [6.07, 6.45) is 1.80. The second-order valence-corrected chi connectivity index (χ2v) is 4.91. The number of aromatic nitrogens is 1. The number of esters is 1. The Morgan fingerprint density at radius 3 is 2.64 bits per heavy atom. The number of carbonyl (C=O) groups excluding carboxylic acids is 2. The van der Waals surface area contributed by atoms with Crippen LogP contribution in [0, 0.1) is 0 Å². The summed E-state index contributed by atoms with van der Waals surface area (Å²) in [4.78, 5) is 36.3. The second kappa shape index (κ2) is 6.30. The third kappa shape index (κ3) is 3.63. The van der Waals surface area contributed by atoms with Gasteiger partial charge in [0.2, 0.25) is 5.91 Å². The minimum Gasteiger partial charge on any atom is -0.480 e. The van der Waals surface area contributed by atoms with Crippen LogP contribution >= 0.6 is 0 Å². The van der Waals surface area contributed by atoms with Gasteiger partial charge in [-0.2, -0.15) is 0 Å². The first-order valence-corrected chi connectivity index (χ1v) is 6.65. The highest BCUT2D eigenvalue weighted by Gasteiger charge is 2.20. The Kier molecular flexibility index (Phi) is 4.45. The zero-order valence-corrected chi connectivity index (χ0v) is 12.2. The van der Waals surface area contributed by atoms with Crippen molar-refractivity contribution in [1.29, 1.82) is 0 Å². The number of carboxylic acid groups (broad SMARTS) is 1. The largest absolute Gasteiger partial charge is 0.480 e. The molecule has 1 aromatic heterocycles. The average Bonchev–Trinajstić information content (AvgIpc) is 2.79. The van der Waals surface area contributed by atoms with Crippen LogP contribution in [0.2, 0.25) is 0 Å². The predicted octanol–water partition coefficient (Wildman–Crippen LogP) is 1.22. The molecule has 0 saturated carbocycles. The lowest BCUT2D eigenvalue weighted by Gasteiger charge is -2.12. The average molecular weight is 304 g/mol. The van der Waals surface area contributed by atoms with E-state index in [4.69, 9.17) is 4.74 Å². The smallest absolute Gasteiger partial charge is 0.326 e. The maximum absolute atomic E-state index is 11.2. The van der Waals surface area contributed by atoms with Crippen molar-refractivity contribution in [2.45, 2.75) is 26.3 Å². The first-order valence-electron chi connectivity index (χ1n) is 6.65. The summed E-state index contributed by atoms with van der Waals surface area (Å²) in [6, 6.07) is 4.03. The van der Waals surface area contributed by atoms with E-state index in [-0.39, 0.29) is 6.42 Å². The van der Waals surface area contributed by atoms with Gasteiger partial charge in [0.25, 0.3) is 0 Å². The second-order valence-electron chi connectivity index (χ2n) is 4.91. The molecule has 2 rings (SSSR count). The van der Waals surface area contributed by atoms with Gasteiger partial charge in [0.1, 0.15) is 11.8 Å². The molecule has 0 aliphatic rings. The van der Waals surface area contributed by atoms with E-state index in [1.807, 2.05) is 0 Å². The zero-order valence-electron chi connectivity index (χ0n) is 12.2. The van der Waals surface area contributed by atoms with E-state index in [0.29, 0.717) is 11.3 Å². The van der Waals surface area contributed by atoms with Gasteiger partial charge >= 0.3 is 11.9 Å². The van der Waals surface area contributed by atoms with Crippen molar-refractivity contribution in [3.8, 4) is 5.75 Å². The number of rotatable bonds is 5. The van der Waals surface area contributed by atoms with E-state index in [1.54, 1.807) is 24.4 Å². The van der Waals surface area contributed by atoms with Crippen molar-refractivity contribution < 1.29 is 24.2 Å². The van der Waals surface area contributed by atoms with Gasteiger partial charge in [-0.05, 0) is 23.8 Å². The number of aliphatic carboxylic acids is 1. The first kappa shape index (κ1) is 15.6. The maximum Gasteiger partial charge on any atom is 0.326 e. The Bertz CT molecular complexity index is 735. The number of fused-ring (bicyclic) bond motifs is 1. The van der Waals surface area contributed by atoms with Crippen molar-refractivity contribution in [1.82, 2.24) is 10.3 Å². The third-order valence-electron chi connectivity index (χ3n) is 3.10. The number of hydrogen-bond donors (Lipinski definition) is 3. The van der Waals surface area contributed by atoms with Crippen molar-refractivity contribution in [2.75, 3.05) is 0 Å². The minimum absolute atomic E-state index is 0.123. The van der Waals surface area contributed by atoms with E-state index in [9.17, 15) is 19.5 Å². The highest BCUT2D eigenvalue weighted by molar-refractivity contribution is 5.87. The Morgan fingerprint density at radius 1 is 1.32 bits per heavy atom. The van der Waals surface area contributed by atoms with Crippen LogP contribution in [0.25, 0.3) is 10.9 Å². The van der Waals surface area contributed by atoms with Crippen LogP contribution in [0.3, 0.4) is 0 Å². The fraction of sp³-hybridized carbons (Fsp3) is 0.267. The van der Waals surface area contributed by atoms with Gasteiger partial charge in [-0.1, -0.05) is 0 Å². The summed E-state index contributed by atoms with van der Waals surface area (Å²) in [5, 5.41) is 12.3. The number of amides is 1.